The van der Waals surface area contributed by atoms with Crippen LogP contribution in [0.25, 0.3) is 0 Å². The van der Waals surface area contributed by atoms with Crippen LogP contribution in [0.4, 0.5) is 5.69 Å². The van der Waals surface area contributed by atoms with E-state index in [1.807, 2.05) is 6.07 Å². The van der Waals surface area contributed by atoms with Crippen molar-refractivity contribution < 1.29 is 4.79 Å². The zero-order valence-corrected chi connectivity index (χ0v) is 9.66. The van der Waals surface area contributed by atoms with Crippen LogP contribution in [-0.4, -0.2) is 23.4 Å². The van der Waals surface area contributed by atoms with Crippen LogP contribution in [-0.2, 0) is 6.42 Å². The molecule has 1 aromatic heterocycles. The number of nitrogens with zero attached hydrogens (tertiary/aromatic N) is 2. The summed E-state index contributed by atoms with van der Waals surface area (Å²) >= 11 is 0. The molecule has 1 aliphatic rings. The summed E-state index contributed by atoms with van der Waals surface area (Å²) in [5, 5.41) is 0. The number of hydrogen-bond acceptors (Lipinski definition) is 3. The lowest BCUT2D eigenvalue weighted by atomic mass is 9.99. The summed E-state index contributed by atoms with van der Waals surface area (Å²) in [6.07, 6.45) is 2.78. The van der Waals surface area contributed by atoms with Crippen LogP contribution in [0, 0.1) is 0 Å². The molecular weight excluding hydrogens is 188 g/mol. The molecule has 0 saturated heterocycles. The molecule has 0 atom stereocenters. The number of carbonyl (C=O) groups excluding carboxylic acids is 1. The van der Waals surface area contributed by atoms with E-state index < -0.39 is 0 Å². The second-order valence-electron chi connectivity index (χ2n) is 4.80. The first-order chi connectivity index (χ1) is 6.92. The highest BCUT2D eigenvalue weighted by Gasteiger charge is 2.33. The van der Waals surface area contributed by atoms with Gasteiger partial charge in [-0.3, -0.25) is 9.78 Å². The van der Waals surface area contributed by atoms with Crippen LogP contribution in [0.3, 0.4) is 0 Å². The van der Waals surface area contributed by atoms with Gasteiger partial charge in [0.25, 0.3) is 0 Å². The van der Waals surface area contributed by atoms with Gasteiger partial charge in [0.2, 0.25) is 0 Å². The van der Waals surface area contributed by atoms with Gasteiger partial charge in [0, 0.05) is 19.5 Å². The van der Waals surface area contributed by atoms with Gasteiger partial charge in [-0.25, -0.2) is 0 Å². The van der Waals surface area contributed by atoms with Crippen molar-refractivity contribution in [1.29, 1.82) is 0 Å². The van der Waals surface area contributed by atoms with Crippen LogP contribution >= 0.6 is 0 Å². The fourth-order valence-corrected chi connectivity index (χ4v) is 2.04. The van der Waals surface area contributed by atoms with E-state index in [2.05, 4.69) is 30.8 Å². The van der Waals surface area contributed by atoms with Crippen molar-refractivity contribution in [3.05, 3.63) is 23.5 Å². The van der Waals surface area contributed by atoms with Crippen LogP contribution in [0.15, 0.2) is 12.3 Å². The summed E-state index contributed by atoms with van der Waals surface area (Å²) in [5.41, 5.74) is 3.06. The number of carbonyl (C=O) groups is 1. The number of anilines is 1. The van der Waals surface area contributed by atoms with Crippen molar-refractivity contribution in [2.75, 3.05) is 11.9 Å². The van der Waals surface area contributed by atoms with Crippen molar-refractivity contribution in [3.63, 3.8) is 0 Å². The molecule has 0 fully saturated rings. The van der Waals surface area contributed by atoms with Gasteiger partial charge in [-0.05, 0) is 31.9 Å². The Morgan fingerprint density at radius 1 is 1.53 bits per heavy atom. The third-order valence-electron chi connectivity index (χ3n) is 3.22. The average molecular weight is 204 g/mol. The van der Waals surface area contributed by atoms with E-state index in [0.29, 0.717) is 5.69 Å². The maximum Gasteiger partial charge on any atom is 0.178 e. The fourth-order valence-electron chi connectivity index (χ4n) is 2.04. The van der Waals surface area contributed by atoms with Gasteiger partial charge in [-0.15, -0.1) is 0 Å². The van der Waals surface area contributed by atoms with Crippen LogP contribution in [0.1, 0.15) is 36.8 Å². The summed E-state index contributed by atoms with van der Waals surface area (Å²) in [5.74, 6) is 0.0326. The lowest BCUT2D eigenvalue weighted by molar-refractivity contribution is 0.101. The molecule has 3 heteroatoms. The molecule has 0 aliphatic carbocycles. The van der Waals surface area contributed by atoms with E-state index in [-0.39, 0.29) is 11.3 Å². The number of fused-ring (bicyclic) bond motifs is 1. The number of ketones is 1. The lowest BCUT2D eigenvalue weighted by Crippen LogP contribution is -2.37. The minimum absolute atomic E-state index is 0.0326. The van der Waals surface area contributed by atoms with Gasteiger partial charge in [0.05, 0.1) is 11.9 Å². The SMILES string of the molecule is CC(=O)c1cc2c(cn1)N(C)C(C)(C)C2. The predicted molar refractivity (Wildman–Crippen MR) is 60.4 cm³/mol. The van der Waals surface area contributed by atoms with Gasteiger partial charge < -0.3 is 4.90 Å². The molecule has 0 bridgehead atoms. The molecule has 0 amide bonds. The Labute approximate surface area is 90.1 Å². The molecule has 1 aromatic rings. The largest absolute Gasteiger partial charge is 0.368 e. The van der Waals surface area contributed by atoms with Gasteiger partial charge >= 0.3 is 0 Å². The van der Waals surface area contributed by atoms with Crippen LogP contribution in [0.5, 0.6) is 0 Å². The Kier molecular flexibility index (Phi) is 2.07. The maximum atomic E-state index is 11.2. The summed E-state index contributed by atoms with van der Waals surface area (Å²) in [6.45, 7) is 5.94. The van der Waals surface area contributed by atoms with Gasteiger partial charge in [0.1, 0.15) is 5.69 Å². The molecule has 0 saturated carbocycles. The Balaban J connectivity index is 2.47. The zero-order chi connectivity index (χ0) is 11.2. The first-order valence-corrected chi connectivity index (χ1v) is 5.15. The van der Waals surface area contributed by atoms with Gasteiger partial charge in [-0.2, -0.15) is 0 Å². The summed E-state index contributed by atoms with van der Waals surface area (Å²) in [6, 6.07) is 1.92. The van der Waals surface area contributed by atoms with Crippen molar-refractivity contribution in [1.82, 2.24) is 4.98 Å². The van der Waals surface area contributed by atoms with Crippen molar-refractivity contribution in [2.45, 2.75) is 32.7 Å². The Morgan fingerprint density at radius 3 is 2.80 bits per heavy atom. The third kappa shape index (κ3) is 1.52. The van der Waals surface area contributed by atoms with Crippen LogP contribution in [0.2, 0.25) is 0 Å². The highest BCUT2D eigenvalue weighted by molar-refractivity contribution is 5.92. The maximum absolute atomic E-state index is 11.2. The lowest BCUT2D eigenvalue weighted by Gasteiger charge is -2.29. The molecule has 0 aromatic carbocycles. The smallest absolute Gasteiger partial charge is 0.178 e. The summed E-state index contributed by atoms with van der Waals surface area (Å²) in [4.78, 5) is 17.6. The Hall–Kier alpha value is -1.38. The van der Waals surface area contributed by atoms with Crippen molar-refractivity contribution in [3.8, 4) is 0 Å². The molecule has 80 valence electrons. The molecule has 0 unspecified atom stereocenters. The van der Waals surface area contributed by atoms with Crippen LogP contribution < -0.4 is 4.90 Å². The molecule has 15 heavy (non-hydrogen) atoms. The number of hydrogen-bond donors (Lipinski definition) is 0. The van der Waals surface area contributed by atoms with E-state index >= 15 is 0 Å². The molecular formula is C12H16N2O. The molecule has 2 heterocycles. The Morgan fingerprint density at radius 2 is 2.20 bits per heavy atom. The topological polar surface area (TPSA) is 33.2 Å². The minimum Gasteiger partial charge on any atom is -0.368 e. The predicted octanol–water partition coefficient (Wildman–Crippen LogP) is 2.06. The quantitative estimate of drug-likeness (QED) is 0.656. The third-order valence-corrected chi connectivity index (χ3v) is 3.22. The molecule has 0 spiro atoms. The highest BCUT2D eigenvalue weighted by Crippen LogP contribution is 2.36. The molecule has 1 aliphatic heterocycles. The van der Waals surface area contributed by atoms with E-state index in [9.17, 15) is 4.79 Å². The Bertz CT molecular complexity index is 424. The first kappa shape index (κ1) is 10.1. The number of likely N-dealkylation sites (N-methyl/N-ethyl adjacent to an activating group) is 1. The normalized spacial score (nSPS) is 17.7. The second-order valence-corrected chi connectivity index (χ2v) is 4.80. The number of aromatic nitrogens is 1. The number of Topliss-reactive ketones (excluding diaryl/α,β-unsaturated/α-hetero) is 1. The van der Waals surface area contributed by atoms with E-state index in [0.717, 1.165) is 12.1 Å². The standard InChI is InChI=1S/C12H16N2O/c1-8(15)10-5-9-6-12(2,3)14(4)11(9)7-13-10/h5,7H,6H2,1-4H3. The highest BCUT2D eigenvalue weighted by atomic mass is 16.1. The first-order valence-electron chi connectivity index (χ1n) is 5.15. The summed E-state index contributed by atoms with van der Waals surface area (Å²) in [7, 11) is 2.07. The molecule has 3 nitrogen and oxygen atoms in total. The van der Waals surface area contributed by atoms with Crippen molar-refractivity contribution >= 4 is 11.5 Å². The summed E-state index contributed by atoms with van der Waals surface area (Å²) < 4.78 is 0. The number of pyridine rings is 1. The monoisotopic (exact) mass is 204 g/mol. The van der Waals surface area contributed by atoms with Gasteiger partial charge in [0.15, 0.2) is 5.78 Å². The fraction of sp³-hybridized carbons (Fsp3) is 0.500. The van der Waals surface area contributed by atoms with Gasteiger partial charge in [-0.1, -0.05) is 0 Å². The van der Waals surface area contributed by atoms with Crippen molar-refractivity contribution in [2.24, 2.45) is 0 Å². The minimum atomic E-state index is 0.0326. The molecule has 0 N–H and O–H groups in total. The average Bonchev–Trinajstić information content (AvgIpc) is 2.37. The molecule has 2 rings (SSSR count). The number of rotatable bonds is 1. The zero-order valence-electron chi connectivity index (χ0n) is 9.66. The molecule has 0 radical (unpaired) electrons. The van der Waals surface area contributed by atoms with E-state index in [1.165, 1.54) is 5.56 Å². The second kappa shape index (κ2) is 3.05. The van der Waals surface area contributed by atoms with E-state index in [1.54, 1.807) is 13.1 Å². The van der Waals surface area contributed by atoms with E-state index in [4.69, 9.17) is 0 Å².